The monoisotopic (exact) mass is 472 g/mol. The first kappa shape index (κ1) is 22.2. The van der Waals surface area contributed by atoms with E-state index in [0.717, 1.165) is 21.5 Å². The topological polar surface area (TPSA) is 88.7 Å². The number of aromatic nitrogens is 1. The number of non-ortho nitro benzene ring substituents is 1. The Morgan fingerprint density at radius 2 is 1.78 bits per heavy atom. The van der Waals surface area contributed by atoms with Gasteiger partial charge in [-0.3, -0.25) is 19.7 Å². The van der Waals surface area contributed by atoms with Gasteiger partial charge in [0.25, 0.3) is 11.2 Å². The third-order valence-electron chi connectivity index (χ3n) is 5.58. The normalized spacial score (nSPS) is 14.1. The summed E-state index contributed by atoms with van der Waals surface area (Å²) >= 11 is 7.49. The van der Waals surface area contributed by atoms with Crippen LogP contribution in [0.25, 0.3) is 10.9 Å². The highest BCUT2D eigenvalue weighted by Crippen LogP contribution is 2.29. The van der Waals surface area contributed by atoms with Gasteiger partial charge in [0.2, 0.25) is 5.91 Å². The van der Waals surface area contributed by atoms with Crippen molar-refractivity contribution in [2.45, 2.75) is 4.90 Å². The SMILES string of the molecule is Cn1c(=O)cc(SCC(=O)N2CCN(c3ccc([N+](=O)[O-])cc3)CC2)c2cc(Cl)ccc21. The van der Waals surface area contributed by atoms with Gasteiger partial charge in [0, 0.05) is 72.4 Å². The minimum Gasteiger partial charge on any atom is -0.368 e. The Hall–Kier alpha value is -3.04. The molecule has 8 nitrogen and oxygen atoms in total. The molecule has 1 amide bonds. The van der Waals surface area contributed by atoms with E-state index in [0.29, 0.717) is 31.2 Å². The number of nitro groups is 1. The highest BCUT2D eigenvalue weighted by molar-refractivity contribution is 8.00. The van der Waals surface area contributed by atoms with Crippen LogP contribution in [0.3, 0.4) is 0 Å². The molecule has 2 aromatic carbocycles. The van der Waals surface area contributed by atoms with Gasteiger partial charge in [-0.2, -0.15) is 0 Å². The van der Waals surface area contributed by atoms with E-state index in [4.69, 9.17) is 11.6 Å². The zero-order valence-electron chi connectivity index (χ0n) is 17.4. The summed E-state index contributed by atoms with van der Waals surface area (Å²) in [6.07, 6.45) is 0. The van der Waals surface area contributed by atoms with Crippen molar-refractivity contribution in [1.29, 1.82) is 0 Å². The number of carbonyl (C=O) groups is 1. The van der Waals surface area contributed by atoms with Crippen LogP contribution in [0.2, 0.25) is 5.02 Å². The number of benzene rings is 2. The molecule has 0 aliphatic carbocycles. The number of hydrogen-bond donors (Lipinski definition) is 0. The lowest BCUT2D eigenvalue weighted by atomic mass is 10.2. The van der Waals surface area contributed by atoms with Gasteiger partial charge in [0.05, 0.1) is 16.2 Å². The van der Waals surface area contributed by atoms with E-state index in [1.54, 1.807) is 35.9 Å². The maximum Gasteiger partial charge on any atom is 0.269 e. The molecule has 2 heterocycles. The number of piperazine rings is 1. The van der Waals surface area contributed by atoms with Crippen molar-refractivity contribution >= 4 is 51.5 Å². The smallest absolute Gasteiger partial charge is 0.269 e. The van der Waals surface area contributed by atoms with Crippen LogP contribution in [0.15, 0.2) is 58.2 Å². The predicted octanol–water partition coefficient (Wildman–Crippen LogP) is 3.54. The second-order valence-corrected chi connectivity index (χ2v) is 8.95. The molecule has 0 saturated carbocycles. The van der Waals surface area contributed by atoms with Crippen molar-refractivity contribution < 1.29 is 9.72 Å². The van der Waals surface area contributed by atoms with E-state index in [9.17, 15) is 19.7 Å². The summed E-state index contributed by atoms with van der Waals surface area (Å²) < 4.78 is 1.56. The van der Waals surface area contributed by atoms with Crippen molar-refractivity contribution in [2.75, 3.05) is 36.8 Å². The van der Waals surface area contributed by atoms with Gasteiger partial charge in [-0.05, 0) is 30.3 Å². The Morgan fingerprint density at radius 1 is 1.09 bits per heavy atom. The van der Waals surface area contributed by atoms with Crippen molar-refractivity contribution in [1.82, 2.24) is 9.47 Å². The fourth-order valence-corrected chi connectivity index (χ4v) is 4.89. The molecule has 0 spiro atoms. The van der Waals surface area contributed by atoms with Gasteiger partial charge in [-0.15, -0.1) is 11.8 Å². The van der Waals surface area contributed by atoms with Gasteiger partial charge < -0.3 is 14.4 Å². The lowest BCUT2D eigenvalue weighted by Gasteiger charge is -2.36. The Bertz CT molecular complexity index is 1240. The number of thioether (sulfide) groups is 1. The summed E-state index contributed by atoms with van der Waals surface area (Å²) in [5.74, 6) is 0.237. The molecule has 4 rings (SSSR count). The molecule has 0 N–H and O–H groups in total. The molecule has 0 bridgehead atoms. The van der Waals surface area contributed by atoms with Crippen molar-refractivity contribution in [3.05, 3.63) is 74.0 Å². The molecule has 0 atom stereocenters. The van der Waals surface area contributed by atoms with E-state index in [2.05, 4.69) is 4.90 Å². The lowest BCUT2D eigenvalue weighted by Crippen LogP contribution is -2.49. The first-order valence-corrected chi connectivity index (χ1v) is 11.4. The molecule has 1 aliphatic heterocycles. The maximum atomic E-state index is 12.8. The molecular formula is C22H21ClN4O4S. The minimum atomic E-state index is -0.419. The van der Waals surface area contributed by atoms with Gasteiger partial charge in [0.15, 0.2) is 0 Å². The number of pyridine rings is 1. The summed E-state index contributed by atoms with van der Waals surface area (Å²) in [5, 5.41) is 12.2. The first-order chi connectivity index (χ1) is 15.3. The molecule has 1 saturated heterocycles. The van der Waals surface area contributed by atoms with Gasteiger partial charge in [0.1, 0.15) is 0 Å². The largest absolute Gasteiger partial charge is 0.368 e. The summed E-state index contributed by atoms with van der Waals surface area (Å²) in [7, 11) is 1.71. The molecule has 166 valence electrons. The molecule has 0 radical (unpaired) electrons. The van der Waals surface area contributed by atoms with Gasteiger partial charge in [-0.25, -0.2) is 0 Å². The van der Waals surface area contributed by atoms with Crippen molar-refractivity contribution in [2.24, 2.45) is 7.05 Å². The standard InChI is InChI=1S/C22H21ClN4O4S/c1-24-19-7-2-15(23)12-18(19)20(13-21(24)28)32-14-22(29)26-10-8-25(9-11-26)16-3-5-17(6-4-16)27(30)31/h2-7,12-13H,8-11,14H2,1H3. The third-order valence-corrected chi connectivity index (χ3v) is 6.85. The molecule has 32 heavy (non-hydrogen) atoms. The van der Waals surface area contributed by atoms with E-state index in [1.807, 2.05) is 17.0 Å². The van der Waals surface area contributed by atoms with Crippen LogP contribution in [-0.4, -0.2) is 52.2 Å². The van der Waals surface area contributed by atoms with E-state index in [1.165, 1.54) is 23.9 Å². The van der Waals surface area contributed by atoms with Crippen LogP contribution in [-0.2, 0) is 11.8 Å². The number of aryl methyl sites for hydroxylation is 1. The molecular weight excluding hydrogens is 452 g/mol. The fourth-order valence-electron chi connectivity index (χ4n) is 3.75. The second kappa shape index (κ2) is 9.22. The van der Waals surface area contributed by atoms with Crippen LogP contribution >= 0.6 is 23.4 Å². The number of rotatable bonds is 5. The number of nitrogens with zero attached hydrogens (tertiary/aromatic N) is 4. The fraction of sp³-hybridized carbons (Fsp3) is 0.273. The van der Waals surface area contributed by atoms with Gasteiger partial charge >= 0.3 is 0 Å². The predicted molar refractivity (Wildman–Crippen MR) is 127 cm³/mol. The molecule has 10 heteroatoms. The molecule has 1 aromatic heterocycles. The highest BCUT2D eigenvalue weighted by atomic mass is 35.5. The summed E-state index contributed by atoms with van der Waals surface area (Å²) in [6, 6.07) is 13.4. The second-order valence-electron chi connectivity index (χ2n) is 7.50. The molecule has 1 aliphatic rings. The number of anilines is 1. The number of fused-ring (bicyclic) bond motifs is 1. The summed E-state index contributed by atoms with van der Waals surface area (Å²) in [6.45, 7) is 2.44. The summed E-state index contributed by atoms with van der Waals surface area (Å²) in [4.78, 5) is 40.1. The summed E-state index contributed by atoms with van der Waals surface area (Å²) in [5.41, 5.74) is 1.60. The first-order valence-electron chi connectivity index (χ1n) is 10.0. The van der Waals surface area contributed by atoms with Crippen LogP contribution < -0.4 is 10.5 Å². The third kappa shape index (κ3) is 4.58. The Morgan fingerprint density at radius 3 is 2.44 bits per heavy atom. The number of amides is 1. The van der Waals surface area contributed by atoms with E-state index in [-0.39, 0.29) is 22.9 Å². The minimum absolute atomic E-state index is 0.00852. The Kier molecular flexibility index (Phi) is 6.38. The Balaban J connectivity index is 1.39. The van der Waals surface area contributed by atoms with Crippen LogP contribution in [0.1, 0.15) is 0 Å². The Labute approximate surface area is 193 Å². The number of nitro benzene ring substituents is 1. The lowest BCUT2D eigenvalue weighted by molar-refractivity contribution is -0.384. The quantitative estimate of drug-likeness (QED) is 0.320. The molecule has 0 unspecified atom stereocenters. The highest BCUT2D eigenvalue weighted by Gasteiger charge is 2.22. The number of hydrogen-bond acceptors (Lipinski definition) is 6. The number of halogens is 1. The van der Waals surface area contributed by atoms with E-state index < -0.39 is 4.92 Å². The zero-order valence-corrected chi connectivity index (χ0v) is 18.9. The van der Waals surface area contributed by atoms with Crippen LogP contribution in [0, 0.1) is 10.1 Å². The molecule has 3 aromatic rings. The van der Waals surface area contributed by atoms with Crippen molar-refractivity contribution in [3.63, 3.8) is 0 Å². The van der Waals surface area contributed by atoms with Crippen LogP contribution in [0.4, 0.5) is 11.4 Å². The zero-order chi connectivity index (χ0) is 22.8. The molecule has 1 fully saturated rings. The number of carbonyl (C=O) groups excluding carboxylic acids is 1. The maximum absolute atomic E-state index is 12.8. The van der Waals surface area contributed by atoms with E-state index >= 15 is 0 Å². The van der Waals surface area contributed by atoms with Gasteiger partial charge in [-0.1, -0.05) is 11.6 Å². The average Bonchev–Trinajstić information content (AvgIpc) is 2.80. The average molecular weight is 473 g/mol. The van der Waals surface area contributed by atoms with Crippen molar-refractivity contribution in [3.8, 4) is 0 Å². The van der Waals surface area contributed by atoms with Crippen LogP contribution in [0.5, 0.6) is 0 Å².